The first-order valence-corrected chi connectivity index (χ1v) is 12.5. The molecule has 1 atom stereocenters. The molecule has 2 heteroatoms. The van der Waals surface area contributed by atoms with Crippen molar-refractivity contribution >= 4 is 25.0 Å². The Morgan fingerprint density at radius 1 is 1.00 bits per heavy atom. The van der Waals surface area contributed by atoms with Crippen LogP contribution in [0, 0.1) is 5.92 Å². The maximum atomic E-state index is 2.63. The van der Waals surface area contributed by atoms with Crippen molar-refractivity contribution < 1.29 is 0 Å². The number of hydrogen-bond acceptors (Lipinski definition) is 1. The molecule has 2 aliphatic rings. The number of thioether (sulfide) groups is 1. The molecule has 114 valence electrons. The topological polar surface area (TPSA) is 0 Å². The van der Waals surface area contributed by atoms with Crippen LogP contribution >= 0.6 is 11.8 Å². The van der Waals surface area contributed by atoms with E-state index >= 15 is 0 Å². The Kier molecular flexibility index (Phi) is 4.65. The summed E-state index contributed by atoms with van der Waals surface area (Å²) in [5.41, 5.74) is 0. The number of rotatable bonds is 3. The van der Waals surface area contributed by atoms with Gasteiger partial charge >= 0.3 is 0 Å². The molecule has 3 rings (SSSR count). The summed E-state index contributed by atoms with van der Waals surface area (Å²) < 4.78 is 0.517. The van der Waals surface area contributed by atoms with E-state index in [4.69, 9.17) is 0 Å². The van der Waals surface area contributed by atoms with Gasteiger partial charge in [-0.2, -0.15) is 11.8 Å². The van der Waals surface area contributed by atoms with Gasteiger partial charge in [-0.3, -0.25) is 0 Å². The predicted octanol–water partition coefficient (Wildman–Crippen LogP) is 5.15. The minimum atomic E-state index is -1.50. The van der Waals surface area contributed by atoms with Crippen LogP contribution in [0.25, 0.3) is 0 Å². The SMILES string of the molecule is C[Si](C)(c1ccccc1)C1(C2CCCCC2)CC=CCS1. The van der Waals surface area contributed by atoms with Crippen molar-refractivity contribution in [3.63, 3.8) is 0 Å². The van der Waals surface area contributed by atoms with Gasteiger partial charge in [-0.25, -0.2) is 0 Å². The Morgan fingerprint density at radius 3 is 2.33 bits per heavy atom. The quantitative estimate of drug-likeness (QED) is 0.549. The van der Waals surface area contributed by atoms with Gasteiger partial charge in [-0.15, -0.1) is 0 Å². The van der Waals surface area contributed by atoms with Crippen molar-refractivity contribution in [3.8, 4) is 0 Å². The van der Waals surface area contributed by atoms with Gasteiger partial charge in [0, 0.05) is 10.1 Å². The summed E-state index contributed by atoms with van der Waals surface area (Å²) in [6.45, 7) is 5.26. The van der Waals surface area contributed by atoms with Crippen molar-refractivity contribution in [1.82, 2.24) is 0 Å². The van der Waals surface area contributed by atoms with Crippen LogP contribution in [0.1, 0.15) is 38.5 Å². The number of benzene rings is 1. The highest BCUT2D eigenvalue weighted by molar-refractivity contribution is 8.02. The van der Waals surface area contributed by atoms with E-state index in [1.54, 1.807) is 5.19 Å². The van der Waals surface area contributed by atoms with Crippen LogP contribution in [-0.2, 0) is 0 Å². The van der Waals surface area contributed by atoms with E-state index in [-0.39, 0.29) is 0 Å². The standard InChI is InChI=1S/C19H28SSi/c1-21(2,18-13-7-4-8-14-18)19(15-9-10-16-20-19)17-11-5-3-6-12-17/h4,7-10,13-14,17H,3,5-6,11-12,15-16H2,1-2H3. The highest BCUT2D eigenvalue weighted by atomic mass is 32.2. The first kappa shape index (κ1) is 15.4. The Bertz CT molecular complexity index is 488. The average molecular weight is 317 g/mol. The molecule has 1 aromatic rings. The molecule has 0 radical (unpaired) electrons. The lowest BCUT2D eigenvalue weighted by Crippen LogP contribution is -2.64. The van der Waals surface area contributed by atoms with Crippen LogP contribution < -0.4 is 5.19 Å². The molecule has 0 N–H and O–H groups in total. The molecule has 1 aliphatic heterocycles. The summed E-state index contributed by atoms with van der Waals surface area (Å²) in [6.07, 6.45) is 13.5. The van der Waals surface area contributed by atoms with Crippen LogP contribution in [0.5, 0.6) is 0 Å². The third kappa shape index (κ3) is 2.77. The summed E-state index contributed by atoms with van der Waals surface area (Å²) in [5.74, 6) is 2.16. The first-order valence-electron chi connectivity index (χ1n) is 8.51. The molecule has 0 spiro atoms. The summed E-state index contributed by atoms with van der Waals surface area (Å²) in [5, 5.41) is 1.65. The Balaban J connectivity index is 2.00. The molecule has 0 aromatic heterocycles. The van der Waals surface area contributed by atoms with Crippen molar-refractivity contribution in [2.45, 2.75) is 56.0 Å². The fourth-order valence-corrected chi connectivity index (χ4v) is 11.2. The maximum absolute atomic E-state index is 2.63. The van der Waals surface area contributed by atoms with Gasteiger partial charge in [-0.05, 0) is 25.2 Å². The van der Waals surface area contributed by atoms with Gasteiger partial charge in [0.1, 0.15) is 0 Å². The molecule has 1 aliphatic carbocycles. The zero-order valence-electron chi connectivity index (χ0n) is 13.5. The molecule has 1 saturated carbocycles. The highest BCUT2D eigenvalue weighted by Crippen LogP contribution is 2.51. The lowest BCUT2D eigenvalue weighted by molar-refractivity contribution is 0.322. The van der Waals surface area contributed by atoms with Crippen molar-refractivity contribution in [2.24, 2.45) is 5.92 Å². The smallest absolute Gasteiger partial charge is 0.0983 e. The molecule has 1 fully saturated rings. The highest BCUT2D eigenvalue weighted by Gasteiger charge is 2.52. The largest absolute Gasteiger partial charge is 0.153 e. The Hall–Kier alpha value is -0.473. The van der Waals surface area contributed by atoms with Gasteiger partial charge in [0.25, 0.3) is 0 Å². The van der Waals surface area contributed by atoms with Gasteiger partial charge < -0.3 is 0 Å². The third-order valence-corrected chi connectivity index (χ3v) is 13.7. The molecule has 0 nitrogen and oxygen atoms in total. The maximum Gasteiger partial charge on any atom is 0.0983 e. The summed E-state index contributed by atoms with van der Waals surface area (Å²) >= 11 is 2.29. The second-order valence-corrected chi connectivity index (χ2v) is 13.6. The summed E-state index contributed by atoms with van der Waals surface area (Å²) in [6, 6.07) is 11.4. The summed E-state index contributed by atoms with van der Waals surface area (Å²) in [7, 11) is -1.50. The number of allylic oxidation sites excluding steroid dienone is 1. The van der Waals surface area contributed by atoms with E-state index in [2.05, 4.69) is 67.3 Å². The normalized spacial score (nSPS) is 27.7. The molecule has 0 bridgehead atoms. The molecular formula is C19H28SSi. The van der Waals surface area contributed by atoms with Crippen LogP contribution in [0.3, 0.4) is 0 Å². The van der Waals surface area contributed by atoms with Gasteiger partial charge in [0.15, 0.2) is 0 Å². The van der Waals surface area contributed by atoms with Crippen molar-refractivity contribution in [3.05, 3.63) is 42.5 Å². The molecule has 1 heterocycles. The Morgan fingerprint density at radius 2 is 1.71 bits per heavy atom. The van der Waals surface area contributed by atoms with Gasteiger partial charge in [0.2, 0.25) is 0 Å². The molecule has 21 heavy (non-hydrogen) atoms. The minimum Gasteiger partial charge on any atom is -0.153 e. The first-order chi connectivity index (χ1) is 10.2. The van der Waals surface area contributed by atoms with E-state index in [0.717, 1.165) is 5.92 Å². The van der Waals surface area contributed by atoms with E-state index in [1.165, 1.54) is 44.3 Å². The average Bonchev–Trinajstić information content (AvgIpc) is 2.57. The monoisotopic (exact) mass is 316 g/mol. The van der Waals surface area contributed by atoms with Gasteiger partial charge in [0.05, 0.1) is 8.07 Å². The minimum absolute atomic E-state index is 0.517. The molecule has 0 saturated heterocycles. The van der Waals surface area contributed by atoms with E-state index < -0.39 is 8.07 Å². The van der Waals surface area contributed by atoms with E-state index in [9.17, 15) is 0 Å². The molecular weight excluding hydrogens is 288 g/mol. The van der Waals surface area contributed by atoms with Crippen molar-refractivity contribution in [1.29, 1.82) is 0 Å². The fourth-order valence-electron chi connectivity index (χ4n) is 4.48. The zero-order chi connectivity index (χ0) is 14.8. The molecule has 1 unspecified atom stereocenters. The van der Waals surface area contributed by atoms with Gasteiger partial charge in [-0.1, -0.05) is 80.0 Å². The Labute approximate surface area is 135 Å². The predicted molar refractivity (Wildman–Crippen MR) is 99.1 cm³/mol. The second kappa shape index (κ2) is 6.34. The van der Waals surface area contributed by atoms with Crippen LogP contribution in [-0.4, -0.2) is 18.2 Å². The van der Waals surface area contributed by atoms with Crippen LogP contribution in [0.15, 0.2) is 42.5 Å². The van der Waals surface area contributed by atoms with Crippen LogP contribution in [0.2, 0.25) is 13.1 Å². The lowest BCUT2D eigenvalue weighted by Gasteiger charge is -2.52. The fraction of sp³-hybridized carbons (Fsp3) is 0.579. The van der Waals surface area contributed by atoms with Crippen LogP contribution in [0.4, 0.5) is 0 Å². The lowest BCUT2D eigenvalue weighted by atomic mass is 9.85. The molecule has 1 aromatic carbocycles. The third-order valence-electron chi connectivity index (χ3n) is 5.84. The molecule has 0 amide bonds. The zero-order valence-corrected chi connectivity index (χ0v) is 15.3. The second-order valence-electron chi connectivity index (χ2n) is 7.20. The van der Waals surface area contributed by atoms with E-state index in [1.807, 2.05) is 0 Å². The number of hydrogen-bond donors (Lipinski definition) is 0. The van der Waals surface area contributed by atoms with E-state index in [0.29, 0.717) is 4.37 Å². The summed E-state index contributed by atoms with van der Waals surface area (Å²) in [4.78, 5) is 0. The van der Waals surface area contributed by atoms with Crippen molar-refractivity contribution in [2.75, 3.05) is 5.75 Å².